The predicted molar refractivity (Wildman–Crippen MR) is 91.8 cm³/mol. The van der Waals surface area contributed by atoms with Crippen LogP contribution in [0.1, 0.15) is 10.6 Å². The summed E-state index contributed by atoms with van der Waals surface area (Å²) in [4.78, 5) is 16.5. The van der Waals surface area contributed by atoms with Crippen LogP contribution in [0.4, 0.5) is 10.1 Å². The van der Waals surface area contributed by atoms with Crippen LogP contribution < -0.4 is 5.32 Å². The highest BCUT2D eigenvalue weighted by atomic mass is 19.1. The van der Waals surface area contributed by atoms with Gasteiger partial charge in [-0.05, 0) is 48.5 Å². The van der Waals surface area contributed by atoms with Gasteiger partial charge in [-0.2, -0.15) is 4.98 Å². The van der Waals surface area contributed by atoms with E-state index in [0.29, 0.717) is 22.6 Å². The monoisotopic (exact) mass is 349 g/mol. The van der Waals surface area contributed by atoms with Gasteiger partial charge in [-0.15, -0.1) is 0 Å². The van der Waals surface area contributed by atoms with E-state index in [1.54, 1.807) is 48.5 Å². The number of hydrogen-bond donors (Lipinski definition) is 1. The van der Waals surface area contributed by atoms with Crippen LogP contribution in [0, 0.1) is 5.82 Å². The fraction of sp³-hybridized carbons (Fsp3) is 0. The van der Waals surface area contributed by atoms with Gasteiger partial charge in [0.1, 0.15) is 5.82 Å². The van der Waals surface area contributed by atoms with Crippen molar-refractivity contribution in [2.24, 2.45) is 0 Å². The second-order valence-corrected chi connectivity index (χ2v) is 5.41. The third-order valence-corrected chi connectivity index (χ3v) is 3.68. The molecule has 0 bridgehead atoms. The highest BCUT2D eigenvalue weighted by Crippen LogP contribution is 2.28. The zero-order valence-electron chi connectivity index (χ0n) is 13.3. The number of para-hydroxylation sites is 1. The van der Waals surface area contributed by atoms with E-state index >= 15 is 0 Å². The molecule has 0 atom stereocenters. The molecule has 1 N–H and O–H groups in total. The molecule has 0 aliphatic carbocycles. The first-order chi connectivity index (χ1) is 12.7. The normalized spacial score (nSPS) is 10.7. The Balaban J connectivity index is 1.64. The summed E-state index contributed by atoms with van der Waals surface area (Å²) >= 11 is 0. The van der Waals surface area contributed by atoms with Crippen molar-refractivity contribution in [2.45, 2.75) is 0 Å². The van der Waals surface area contributed by atoms with Gasteiger partial charge in [0.15, 0.2) is 5.76 Å². The molecule has 0 unspecified atom stereocenters. The molecular formula is C19H12FN3O3. The van der Waals surface area contributed by atoms with Crippen LogP contribution in [-0.4, -0.2) is 16.0 Å². The van der Waals surface area contributed by atoms with Crippen molar-refractivity contribution in [1.29, 1.82) is 0 Å². The third kappa shape index (κ3) is 3.10. The SMILES string of the molecule is O=C(Nc1ccccc1-c1nc(-c2ccc(F)cc2)no1)c1ccco1. The van der Waals surface area contributed by atoms with E-state index in [-0.39, 0.29) is 23.4 Å². The van der Waals surface area contributed by atoms with E-state index in [4.69, 9.17) is 8.94 Å². The van der Waals surface area contributed by atoms with E-state index in [1.807, 2.05) is 0 Å². The first-order valence-electron chi connectivity index (χ1n) is 7.74. The van der Waals surface area contributed by atoms with Crippen LogP contribution in [0.2, 0.25) is 0 Å². The Morgan fingerprint density at radius 1 is 1.00 bits per heavy atom. The maximum absolute atomic E-state index is 13.1. The predicted octanol–water partition coefficient (Wildman–Crippen LogP) is 4.39. The Morgan fingerprint density at radius 3 is 2.58 bits per heavy atom. The van der Waals surface area contributed by atoms with Crippen molar-refractivity contribution in [2.75, 3.05) is 5.32 Å². The molecular weight excluding hydrogens is 337 g/mol. The van der Waals surface area contributed by atoms with Crippen molar-refractivity contribution in [3.05, 3.63) is 78.5 Å². The number of halogens is 1. The zero-order valence-corrected chi connectivity index (χ0v) is 13.3. The van der Waals surface area contributed by atoms with Crippen LogP contribution in [0.3, 0.4) is 0 Å². The minimum Gasteiger partial charge on any atom is -0.459 e. The number of aromatic nitrogens is 2. The van der Waals surface area contributed by atoms with Crippen LogP contribution in [0.25, 0.3) is 22.8 Å². The summed E-state index contributed by atoms with van der Waals surface area (Å²) in [6, 6.07) is 16.0. The number of rotatable bonds is 4. The molecule has 7 heteroatoms. The molecule has 0 saturated heterocycles. The number of nitrogens with zero attached hydrogens (tertiary/aromatic N) is 2. The van der Waals surface area contributed by atoms with Crippen molar-refractivity contribution < 1.29 is 18.1 Å². The first kappa shape index (κ1) is 15.8. The van der Waals surface area contributed by atoms with E-state index in [1.165, 1.54) is 18.4 Å². The highest BCUT2D eigenvalue weighted by molar-refractivity contribution is 6.04. The minimum atomic E-state index is -0.388. The molecule has 26 heavy (non-hydrogen) atoms. The van der Waals surface area contributed by atoms with E-state index in [9.17, 15) is 9.18 Å². The number of anilines is 1. The highest BCUT2D eigenvalue weighted by Gasteiger charge is 2.17. The van der Waals surface area contributed by atoms with Gasteiger partial charge in [0, 0.05) is 5.56 Å². The molecule has 0 aliphatic rings. The fourth-order valence-electron chi connectivity index (χ4n) is 2.42. The third-order valence-electron chi connectivity index (χ3n) is 3.68. The van der Waals surface area contributed by atoms with Crippen LogP contribution in [0.15, 0.2) is 75.9 Å². The molecule has 1 amide bonds. The van der Waals surface area contributed by atoms with Crippen molar-refractivity contribution in [3.8, 4) is 22.8 Å². The van der Waals surface area contributed by atoms with Gasteiger partial charge in [-0.25, -0.2) is 4.39 Å². The summed E-state index contributed by atoms with van der Waals surface area (Å²) in [6.07, 6.45) is 1.42. The Labute approximate surface area is 147 Å². The fourth-order valence-corrected chi connectivity index (χ4v) is 2.42. The van der Waals surface area contributed by atoms with E-state index in [0.717, 1.165) is 0 Å². The number of furan rings is 1. The van der Waals surface area contributed by atoms with Crippen molar-refractivity contribution in [3.63, 3.8) is 0 Å². The molecule has 0 fully saturated rings. The number of nitrogens with one attached hydrogen (secondary N) is 1. The Morgan fingerprint density at radius 2 is 1.81 bits per heavy atom. The topological polar surface area (TPSA) is 81.2 Å². The molecule has 0 radical (unpaired) electrons. The van der Waals surface area contributed by atoms with Crippen LogP contribution in [-0.2, 0) is 0 Å². The molecule has 128 valence electrons. The summed E-state index contributed by atoms with van der Waals surface area (Å²) in [7, 11) is 0. The van der Waals surface area contributed by atoms with Crippen molar-refractivity contribution in [1.82, 2.24) is 10.1 Å². The summed E-state index contributed by atoms with van der Waals surface area (Å²) in [5.74, 6) is 0.0216. The molecule has 2 aromatic heterocycles. The molecule has 2 heterocycles. The largest absolute Gasteiger partial charge is 0.459 e. The summed E-state index contributed by atoms with van der Waals surface area (Å²) < 4.78 is 23.5. The van der Waals surface area contributed by atoms with Crippen LogP contribution >= 0.6 is 0 Å². The van der Waals surface area contributed by atoms with Crippen molar-refractivity contribution >= 4 is 11.6 Å². The summed E-state index contributed by atoms with van der Waals surface area (Å²) in [5, 5.41) is 6.68. The molecule has 0 spiro atoms. The maximum Gasteiger partial charge on any atom is 0.291 e. The van der Waals surface area contributed by atoms with Gasteiger partial charge in [0.05, 0.1) is 17.5 Å². The van der Waals surface area contributed by atoms with Gasteiger partial charge in [0.2, 0.25) is 5.82 Å². The number of carbonyl (C=O) groups is 1. The number of carbonyl (C=O) groups excluding carboxylic acids is 1. The number of amides is 1. The molecule has 4 rings (SSSR count). The molecule has 0 saturated carbocycles. The van der Waals surface area contributed by atoms with E-state index < -0.39 is 0 Å². The summed E-state index contributed by atoms with van der Waals surface area (Å²) in [5.41, 5.74) is 1.69. The Hall–Kier alpha value is -3.74. The number of benzene rings is 2. The average Bonchev–Trinajstić information content (AvgIpc) is 3.35. The molecule has 2 aromatic carbocycles. The average molecular weight is 349 g/mol. The van der Waals surface area contributed by atoms with Gasteiger partial charge in [-0.1, -0.05) is 17.3 Å². The lowest BCUT2D eigenvalue weighted by Gasteiger charge is -2.06. The molecule has 0 aliphatic heterocycles. The van der Waals surface area contributed by atoms with Gasteiger partial charge in [-0.3, -0.25) is 4.79 Å². The quantitative estimate of drug-likeness (QED) is 0.591. The zero-order chi connectivity index (χ0) is 17.9. The van der Waals surface area contributed by atoms with Gasteiger partial charge >= 0.3 is 0 Å². The first-order valence-corrected chi connectivity index (χ1v) is 7.74. The maximum atomic E-state index is 13.1. The molecule has 4 aromatic rings. The number of hydrogen-bond acceptors (Lipinski definition) is 5. The Kier molecular flexibility index (Phi) is 4.03. The second-order valence-electron chi connectivity index (χ2n) is 5.41. The lowest BCUT2D eigenvalue weighted by atomic mass is 10.1. The molecule has 6 nitrogen and oxygen atoms in total. The van der Waals surface area contributed by atoms with E-state index in [2.05, 4.69) is 15.5 Å². The van der Waals surface area contributed by atoms with Crippen LogP contribution in [0.5, 0.6) is 0 Å². The van der Waals surface area contributed by atoms with Gasteiger partial charge < -0.3 is 14.3 Å². The minimum absolute atomic E-state index is 0.192. The lowest BCUT2D eigenvalue weighted by Crippen LogP contribution is -2.11. The Bertz CT molecular complexity index is 1040. The smallest absolute Gasteiger partial charge is 0.291 e. The summed E-state index contributed by atoms with van der Waals surface area (Å²) in [6.45, 7) is 0. The van der Waals surface area contributed by atoms with Gasteiger partial charge in [0.25, 0.3) is 11.8 Å². The lowest BCUT2D eigenvalue weighted by molar-refractivity contribution is 0.0996. The second kappa shape index (κ2) is 6.64. The standard InChI is InChI=1S/C19H12FN3O3/c20-13-9-7-12(8-10-13)17-22-19(26-23-17)14-4-1-2-5-15(14)21-18(24)16-6-3-11-25-16/h1-11H,(H,21,24).